The summed E-state index contributed by atoms with van der Waals surface area (Å²) in [5.74, 6) is 1.79. The van der Waals surface area contributed by atoms with Crippen LogP contribution in [0.15, 0.2) is 11.6 Å². The highest BCUT2D eigenvalue weighted by Crippen LogP contribution is 2.51. The first-order chi connectivity index (χ1) is 6.14. The summed E-state index contributed by atoms with van der Waals surface area (Å²) in [5, 5.41) is 0. The van der Waals surface area contributed by atoms with E-state index in [1.54, 1.807) is 5.57 Å². The lowest BCUT2D eigenvalue weighted by atomic mass is 9.58. The molecule has 3 atom stereocenters. The zero-order valence-electron chi connectivity index (χ0n) is 9.27. The Bertz CT molecular complexity index is 226. The Labute approximate surface area is 82.4 Å². The Hall–Kier alpha value is -0.260. The average molecular weight is 178 g/mol. The molecule has 1 fully saturated rings. The Morgan fingerprint density at radius 2 is 2.08 bits per heavy atom. The van der Waals surface area contributed by atoms with Crippen LogP contribution in [0.2, 0.25) is 0 Å². The molecule has 0 bridgehead atoms. The molecule has 74 valence electrons. The Morgan fingerprint density at radius 1 is 1.31 bits per heavy atom. The molecule has 0 aromatic heterocycles. The Kier molecular flexibility index (Phi) is 2.25. The van der Waals surface area contributed by atoms with Gasteiger partial charge in [-0.2, -0.15) is 0 Å². The van der Waals surface area contributed by atoms with E-state index in [9.17, 15) is 0 Å². The zero-order chi connectivity index (χ0) is 9.47. The molecular formula is C13H22. The van der Waals surface area contributed by atoms with Crippen molar-refractivity contribution in [1.29, 1.82) is 0 Å². The molecule has 0 heterocycles. The van der Waals surface area contributed by atoms with Crippen molar-refractivity contribution in [2.75, 3.05) is 0 Å². The van der Waals surface area contributed by atoms with Crippen LogP contribution < -0.4 is 0 Å². The minimum Gasteiger partial charge on any atom is -0.0845 e. The fourth-order valence-electron chi connectivity index (χ4n) is 3.27. The second-order valence-corrected chi connectivity index (χ2v) is 5.36. The standard InChI is InChI=1S/C13H22/c1-10-7-8-12-6-4-5-9-13(12,3)11(10)2/h8,10-11H,4-7,9H2,1-3H3/t10-,11-,13-/m1/s1. The molecule has 0 saturated heterocycles. The van der Waals surface area contributed by atoms with Crippen molar-refractivity contribution in [2.45, 2.75) is 52.9 Å². The van der Waals surface area contributed by atoms with Crippen molar-refractivity contribution < 1.29 is 0 Å². The molecule has 0 N–H and O–H groups in total. The van der Waals surface area contributed by atoms with Gasteiger partial charge in [0.05, 0.1) is 0 Å². The van der Waals surface area contributed by atoms with Crippen LogP contribution in [0.3, 0.4) is 0 Å². The maximum Gasteiger partial charge on any atom is -0.00881 e. The largest absolute Gasteiger partial charge is 0.0845 e. The number of hydrogen-bond donors (Lipinski definition) is 0. The molecule has 0 aromatic rings. The van der Waals surface area contributed by atoms with Gasteiger partial charge in [0.2, 0.25) is 0 Å². The summed E-state index contributed by atoms with van der Waals surface area (Å²) in [6.07, 6.45) is 9.57. The van der Waals surface area contributed by atoms with Gasteiger partial charge in [-0.3, -0.25) is 0 Å². The van der Waals surface area contributed by atoms with E-state index in [0.29, 0.717) is 5.41 Å². The number of hydrogen-bond acceptors (Lipinski definition) is 0. The summed E-state index contributed by atoms with van der Waals surface area (Å²) < 4.78 is 0. The van der Waals surface area contributed by atoms with Crippen molar-refractivity contribution in [2.24, 2.45) is 17.3 Å². The Morgan fingerprint density at radius 3 is 2.85 bits per heavy atom. The molecule has 0 unspecified atom stereocenters. The highest BCUT2D eigenvalue weighted by Gasteiger charge is 2.40. The van der Waals surface area contributed by atoms with Gasteiger partial charge < -0.3 is 0 Å². The van der Waals surface area contributed by atoms with E-state index in [-0.39, 0.29) is 0 Å². The highest BCUT2D eigenvalue weighted by molar-refractivity contribution is 5.20. The van der Waals surface area contributed by atoms with Crippen LogP contribution in [0.1, 0.15) is 52.9 Å². The first kappa shape index (κ1) is 9.30. The van der Waals surface area contributed by atoms with Gasteiger partial charge >= 0.3 is 0 Å². The van der Waals surface area contributed by atoms with Gasteiger partial charge in [-0.1, -0.05) is 38.8 Å². The Balaban J connectivity index is 2.30. The third kappa shape index (κ3) is 1.35. The van der Waals surface area contributed by atoms with Crippen LogP contribution >= 0.6 is 0 Å². The fraction of sp³-hybridized carbons (Fsp3) is 0.846. The number of fused-ring (bicyclic) bond motifs is 1. The molecule has 0 nitrogen and oxygen atoms in total. The molecule has 2 aliphatic carbocycles. The molecule has 0 radical (unpaired) electrons. The molecule has 0 amide bonds. The smallest absolute Gasteiger partial charge is 0.00881 e. The summed E-state index contributed by atoms with van der Waals surface area (Å²) in [6.45, 7) is 7.37. The van der Waals surface area contributed by atoms with Crippen LogP contribution in [0.5, 0.6) is 0 Å². The molecule has 0 spiro atoms. The van der Waals surface area contributed by atoms with Crippen molar-refractivity contribution >= 4 is 0 Å². The van der Waals surface area contributed by atoms with E-state index in [4.69, 9.17) is 0 Å². The summed E-state index contributed by atoms with van der Waals surface area (Å²) in [7, 11) is 0. The first-order valence-corrected chi connectivity index (χ1v) is 5.84. The molecule has 1 saturated carbocycles. The minimum atomic E-state index is 0.565. The van der Waals surface area contributed by atoms with Crippen molar-refractivity contribution in [3.8, 4) is 0 Å². The van der Waals surface area contributed by atoms with E-state index in [1.165, 1.54) is 32.1 Å². The maximum atomic E-state index is 2.55. The molecule has 0 heteroatoms. The van der Waals surface area contributed by atoms with Crippen molar-refractivity contribution in [3.05, 3.63) is 11.6 Å². The van der Waals surface area contributed by atoms with Gasteiger partial charge in [0, 0.05) is 0 Å². The van der Waals surface area contributed by atoms with Crippen LogP contribution in [-0.4, -0.2) is 0 Å². The van der Waals surface area contributed by atoms with Gasteiger partial charge in [-0.05, 0) is 42.9 Å². The van der Waals surface area contributed by atoms with E-state index in [1.807, 2.05) is 0 Å². The molecular weight excluding hydrogens is 156 g/mol. The van der Waals surface area contributed by atoms with Crippen LogP contribution in [0, 0.1) is 17.3 Å². The van der Waals surface area contributed by atoms with Crippen LogP contribution in [0.4, 0.5) is 0 Å². The maximum absolute atomic E-state index is 2.55. The van der Waals surface area contributed by atoms with E-state index in [0.717, 1.165) is 11.8 Å². The predicted octanol–water partition coefficient (Wildman–Crippen LogP) is 4.17. The lowest BCUT2D eigenvalue weighted by molar-refractivity contribution is 0.133. The molecule has 2 rings (SSSR count). The molecule has 2 aliphatic rings. The SMILES string of the molecule is C[C@@H]1CC=C2CCCC[C@]2(C)[C@@H]1C. The molecule has 0 aliphatic heterocycles. The van der Waals surface area contributed by atoms with Gasteiger partial charge in [-0.25, -0.2) is 0 Å². The lowest BCUT2D eigenvalue weighted by Gasteiger charge is -2.47. The summed E-state index contributed by atoms with van der Waals surface area (Å²) in [5.41, 5.74) is 2.35. The molecule has 13 heavy (non-hydrogen) atoms. The third-order valence-corrected chi connectivity index (χ3v) is 4.72. The lowest BCUT2D eigenvalue weighted by Crippen LogP contribution is -2.36. The van der Waals surface area contributed by atoms with Crippen molar-refractivity contribution in [3.63, 3.8) is 0 Å². The van der Waals surface area contributed by atoms with Gasteiger partial charge in [0.25, 0.3) is 0 Å². The van der Waals surface area contributed by atoms with Crippen LogP contribution in [0.25, 0.3) is 0 Å². The van der Waals surface area contributed by atoms with Gasteiger partial charge in [-0.15, -0.1) is 0 Å². The normalized spacial score (nSPS) is 45.3. The molecule has 0 aromatic carbocycles. The minimum absolute atomic E-state index is 0.565. The number of rotatable bonds is 0. The van der Waals surface area contributed by atoms with Gasteiger partial charge in [0.1, 0.15) is 0 Å². The van der Waals surface area contributed by atoms with E-state index >= 15 is 0 Å². The second kappa shape index (κ2) is 3.15. The van der Waals surface area contributed by atoms with Gasteiger partial charge in [0.15, 0.2) is 0 Å². The summed E-state index contributed by atoms with van der Waals surface area (Å²) in [6, 6.07) is 0. The van der Waals surface area contributed by atoms with E-state index < -0.39 is 0 Å². The summed E-state index contributed by atoms with van der Waals surface area (Å²) in [4.78, 5) is 0. The fourth-order valence-corrected chi connectivity index (χ4v) is 3.27. The van der Waals surface area contributed by atoms with Crippen LogP contribution in [-0.2, 0) is 0 Å². The first-order valence-electron chi connectivity index (χ1n) is 5.84. The van der Waals surface area contributed by atoms with E-state index in [2.05, 4.69) is 26.8 Å². The average Bonchev–Trinajstić information content (AvgIpc) is 2.13. The highest BCUT2D eigenvalue weighted by atomic mass is 14.5. The topological polar surface area (TPSA) is 0 Å². The third-order valence-electron chi connectivity index (χ3n) is 4.72. The number of allylic oxidation sites excluding steroid dienone is 2. The predicted molar refractivity (Wildman–Crippen MR) is 57.6 cm³/mol. The quantitative estimate of drug-likeness (QED) is 0.488. The van der Waals surface area contributed by atoms with Crippen molar-refractivity contribution in [1.82, 2.24) is 0 Å². The summed E-state index contributed by atoms with van der Waals surface area (Å²) >= 11 is 0. The second-order valence-electron chi connectivity index (χ2n) is 5.36. The zero-order valence-corrected chi connectivity index (χ0v) is 9.27. The monoisotopic (exact) mass is 178 g/mol.